The Hall–Kier alpha value is -3.59. The van der Waals surface area contributed by atoms with Crippen molar-refractivity contribution in [2.75, 3.05) is 0 Å². The highest BCUT2D eigenvalue weighted by Gasteiger charge is 2.19. The first-order chi connectivity index (χ1) is 13.2. The SMILES string of the molecule is CC(=O)c1nc(-c2ccccc2)c(-c2ccccc2)nc1-c1ccccc1. The van der Waals surface area contributed by atoms with Crippen LogP contribution < -0.4 is 0 Å². The second-order valence-corrected chi connectivity index (χ2v) is 6.27. The summed E-state index contributed by atoms with van der Waals surface area (Å²) < 4.78 is 0. The lowest BCUT2D eigenvalue weighted by Gasteiger charge is -2.14. The van der Waals surface area contributed by atoms with E-state index in [1.54, 1.807) is 0 Å². The monoisotopic (exact) mass is 350 g/mol. The van der Waals surface area contributed by atoms with Gasteiger partial charge in [0.15, 0.2) is 5.78 Å². The van der Waals surface area contributed by atoms with Crippen LogP contribution in [-0.4, -0.2) is 15.8 Å². The number of Topliss-reactive ketones (excluding diaryl/α,β-unsaturated/α-hetero) is 1. The van der Waals surface area contributed by atoms with Gasteiger partial charge in [-0.2, -0.15) is 0 Å². The number of aromatic nitrogens is 2. The summed E-state index contributed by atoms with van der Waals surface area (Å²) in [6.07, 6.45) is 0. The molecule has 0 radical (unpaired) electrons. The maximum atomic E-state index is 12.4. The van der Waals surface area contributed by atoms with Gasteiger partial charge in [0.2, 0.25) is 0 Å². The summed E-state index contributed by atoms with van der Waals surface area (Å²) in [7, 11) is 0. The minimum absolute atomic E-state index is 0.0989. The van der Waals surface area contributed by atoms with Crippen LogP contribution in [-0.2, 0) is 0 Å². The average Bonchev–Trinajstić information content (AvgIpc) is 2.74. The first-order valence-corrected chi connectivity index (χ1v) is 8.83. The molecule has 0 atom stereocenters. The van der Waals surface area contributed by atoms with E-state index >= 15 is 0 Å². The van der Waals surface area contributed by atoms with E-state index in [1.165, 1.54) is 6.92 Å². The topological polar surface area (TPSA) is 42.9 Å². The molecule has 4 rings (SSSR count). The van der Waals surface area contributed by atoms with E-state index < -0.39 is 0 Å². The van der Waals surface area contributed by atoms with Crippen LogP contribution in [0.3, 0.4) is 0 Å². The molecule has 0 saturated heterocycles. The molecule has 0 bridgehead atoms. The van der Waals surface area contributed by atoms with Crippen molar-refractivity contribution in [3.8, 4) is 33.8 Å². The van der Waals surface area contributed by atoms with Gasteiger partial charge in [0, 0.05) is 23.6 Å². The number of benzene rings is 3. The van der Waals surface area contributed by atoms with Crippen LogP contribution in [0.2, 0.25) is 0 Å². The van der Waals surface area contributed by atoms with Crippen LogP contribution in [0.4, 0.5) is 0 Å². The molecule has 0 aliphatic heterocycles. The van der Waals surface area contributed by atoms with Gasteiger partial charge in [0.25, 0.3) is 0 Å². The smallest absolute Gasteiger partial charge is 0.180 e. The second kappa shape index (κ2) is 7.34. The van der Waals surface area contributed by atoms with Gasteiger partial charge in [-0.15, -0.1) is 0 Å². The summed E-state index contributed by atoms with van der Waals surface area (Å²) in [6, 6.07) is 29.5. The van der Waals surface area contributed by atoms with E-state index in [-0.39, 0.29) is 5.78 Å². The molecule has 0 saturated carbocycles. The molecule has 27 heavy (non-hydrogen) atoms. The minimum Gasteiger partial charge on any atom is -0.293 e. The summed E-state index contributed by atoms with van der Waals surface area (Å²) in [5.74, 6) is -0.0989. The summed E-state index contributed by atoms with van der Waals surface area (Å²) in [6.45, 7) is 1.54. The van der Waals surface area contributed by atoms with Gasteiger partial charge in [-0.3, -0.25) is 4.79 Å². The number of nitrogens with zero attached hydrogens (tertiary/aromatic N) is 2. The van der Waals surface area contributed by atoms with Crippen molar-refractivity contribution in [2.45, 2.75) is 6.92 Å². The normalized spacial score (nSPS) is 10.6. The zero-order valence-corrected chi connectivity index (χ0v) is 15.0. The van der Waals surface area contributed by atoms with E-state index in [1.807, 2.05) is 91.0 Å². The lowest BCUT2D eigenvalue weighted by atomic mass is 10.0. The standard InChI is InChI=1S/C24H18N2O/c1-17(27)21-22(18-11-5-2-6-12-18)26-24(20-15-9-4-10-16-20)23(25-21)19-13-7-3-8-14-19/h2-16H,1H3. The van der Waals surface area contributed by atoms with Crippen LogP contribution in [0.15, 0.2) is 91.0 Å². The van der Waals surface area contributed by atoms with E-state index in [4.69, 9.17) is 9.97 Å². The maximum absolute atomic E-state index is 12.4. The highest BCUT2D eigenvalue weighted by Crippen LogP contribution is 2.33. The molecular weight excluding hydrogens is 332 g/mol. The van der Waals surface area contributed by atoms with Gasteiger partial charge in [-0.25, -0.2) is 9.97 Å². The molecule has 0 aliphatic rings. The van der Waals surface area contributed by atoms with Crippen LogP contribution >= 0.6 is 0 Å². The predicted octanol–water partition coefficient (Wildman–Crippen LogP) is 5.68. The van der Waals surface area contributed by atoms with Gasteiger partial charge >= 0.3 is 0 Å². The number of ketones is 1. The third kappa shape index (κ3) is 3.40. The minimum atomic E-state index is -0.0989. The zero-order valence-electron chi connectivity index (χ0n) is 15.0. The van der Waals surface area contributed by atoms with Crippen molar-refractivity contribution < 1.29 is 4.79 Å². The molecule has 1 aromatic heterocycles. The number of rotatable bonds is 4. The van der Waals surface area contributed by atoms with Gasteiger partial charge in [0.1, 0.15) is 11.4 Å². The Morgan fingerprint density at radius 2 is 0.926 bits per heavy atom. The molecule has 0 N–H and O–H groups in total. The Balaban J connectivity index is 2.04. The quantitative estimate of drug-likeness (QED) is 0.445. The van der Waals surface area contributed by atoms with Crippen molar-refractivity contribution >= 4 is 5.78 Å². The van der Waals surface area contributed by atoms with Crippen molar-refractivity contribution in [1.82, 2.24) is 9.97 Å². The third-order valence-electron chi connectivity index (χ3n) is 4.37. The molecule has 130 valence electrons. The summed E-state index contributed by atoms with van der Waals surface area (Å²) >= 11 is 0. The molecule has 0 aliphatic carbocycles. The fraction of sp³-hybridized carbons (Fsp3) is 0.0417. The number of carbonyl (C=O) groups is 1. The largest absolute Gasteiger partial charge is 0.293 e. The van der Waals surface area contributed by atoms with Crippen molar-refractivity contribution in [3.63, 3.8) is 0 Å². The molecule has 0 fully saturated rings. The van der Waals surface area contributed by atoms with E-state index in [9.17, 15) is 4.79 Å². The molecule has 0 spiro atoms. The first kappa shape index (κ1) is 16.9. The lowest BCUT2D eigenvalue weighted by Crippen LogP contribution is -2.07. The van der Waals surface area contributed by atoms with Crippen molar-refractivity contribution in [2.24, 2.45) is 0 Å². The molecule has 3 heteroatoms. The van der Waals surface area contributed by atoms with Crippen LogP contribution in [0.25, 0.3) is 33.8 Å². The first-order valence-electron chi connectivity index (χ1n) is 8.83. The Kier molecular flexibility index (Phi) is 4.58. The summed E-state index contributed by atoms with van der Waals surface area (Å²) in [5, 5.41) is 0. The van der Waals surface area contributed by atoms with Crippen LogP contribution in [0, 0.1) is 0 Å². The second-order valence-electron chi connectivity index (χ2n) is 6.27. The molecule has 1 heterocycles. The maximum Gasteiger partial charge on any atom is 0.180 e. The van der Waals surface area contributed by atoms with Gasteiger partial charge < -0.3 is 0 Å². The molecule has 3 aromatic carbocycles. The fourth-order valence-electron chi connectivity index (χ4n) is 3.07. The van der Waals surface area contributed by atoms with E-state index in [0.29, 0.717) is 17.1 Å². The Morgan fingerprint density at radius 3 is 1.33 bits per heavy atom. The molecule has 0 amide bonds. The highest BCUT2D eigenvalue weighted by molar-refractivity contribution is 5.99. The van der Waals surface area contributed by atoms with Gasteiger partial charge in [-0.05, 0) is 0 Å². The summed E-state index contributed by atoms with van der Waals surface area (Å²) in [5.41, 5.74) is 5.27. The molecule has 0 unspecified atom stereocenters. The highest BCUT2D eigenvalue weighted by atomic mass is 16.1. The third-order valence-corrected chi connectivity index (χ3v) is 4.37. The van der Waals surface area contributed by atoms with Gasteiger partial charge in [-0.1, -0.05) is 91.0 Å². The fourth-order valence-corrected chi connectivity index (χ4v) is 3.07. The number of hydrogen-bond donors (Lipinski definition) is 0. The lowest BCUT2D eigenvalue weighted by molar-refractivity contribution is 0.101. The average molecular weight is 350 g/mol. The van der Waals surface area contributed by atoms with Crippen LogP contribution in [0.5, 0.6) is 0 Å². The molecule has 4 aromatic rings. The predicted molar refractivity (Wildman–Crippen MR) is 108 cm³/mol. The molecular formula is C24H18N2O. The van der Waals surface area contributed by atoms with E-state index in [2.05, 4.69) is 0 Å². The summed E-state index contributed by atoms with van der Waals surface area (Å²) in [4.78, 5) is 22.1. The van der Waals surface area contributed by atoms with Gasteiger partial charge in [0.05, 0.1) is 11.4 Å². The zero-order chi connectivity index (χ0) is 18.6. The van der Waals surface area contributed by atoms with Crippen molar-refractivity contribution in [1.29, 1.82) is 0 Å². The Bertz CT molecular complexity index is 1080. The van der Waals surface area contributed by atoms with E-state index in [0.717, 1.165) is 22.4 Å². The number of carbonyl (C=O) groups excluding carboxylic acids is 1. The van der Waals surface area contributed by atoms with Crippen molar-refractivity contribution in [3.05, 3.63) is 96.7 Å². The number of hydrogen-bond acceptors (Lipinski definition) is 3. The molecule has 3 nitrogen and oxygen atoms in total. The Labute approximate surface area is 158 Å². The Morgan fingerprint density at radius 1 is 0.556 bits per heavy atom. The van der Waals surface area contributed by atoms with Crippen LogP contribution in [0.1, 0.15) is 17.4 Å².